The quantitative estimate of drug-likeness (QED) is 0.248. The van der Waals surface area contributed by atoms with Crippen LogP contribution >= 0.6 is 0 Å². The van der Waals surface area contributed by atoms with E-state index in [1.54, 1.807) is 14.7 Å². The van der Waals surface area contributed by atoms with E-state index in [0.717, 1.165) is 19.3 Å². The topological polar surface area (TPSA) is 139 Å². The molecular weight excluding hydrogens is 478 g/mol. The number of amides is 5. The molecule has 2 fully saturated rings. The van der Waals surface area contributed by atoms with Gasteiger partial charge in [-0.15, -0.1) is 0 Å². The van der Waals surface area contributed by atoms with Crippen LogP contribution in [0.25, 0.3) is 0 Å². The Bertz CT molecular complexity index is 804. The van der Waals surface area contributed by atoms with Crippen LogP contribution in [0.1, 0.15) is 72.1 Å². The molecule has 11 nitrogen and oxygen atoms in total. The molecule has 1 atom stereocenters. The Morgan fingerprint density at radius 1 is 0.757 bits per heavy atom. The molecule has 0 aliphatic carbocycles. The standard InChI is InChI=1S/C26H45N5O6/c1-26(2,3)17-24(36)30-14-12-29(13-15-30)23(35)16-22(34)27-10-7-5-4-6-8-21(33)28-18-25(37)31-11-9-20(32)19-31/h20,32H,4-19H2,1-3H3,(H,27,34)(H,28,33)/t20-/m1/s1. The normalized spacial score (nSPS) is 18.1. The van der Waals surface area contributed by atoms with E-state index in [1.807, 2.05) is 20.8 Å². The van der Waals surface area contributed by atoms with E-state index in [9.17, 15) is 29.1 Å². The Hall–Kier alpha value is -2.69. The van der Waals surface area contributed by atoms with Gasteiger partial charge in [0.15, 0.2) is 0 Å². The Labute approximate surface area is 220 Å². The molecule has 37 heavy (non-hydrogen) atoms. The Kier molecular flexibility index (Phi) is 12.3. The lowest BCUT2D eigenvalue weighted by Crippen LogP contribution is -2.51. The summed E-state index contributed by atoms with van der Waals surface area (Å²) in [4.78, 5) is 65.7. The Morgan fingerprint density at radius 2 is 1.38 bits per heavy atom. The van der Waals surface area contributed by atoms with Crippen molar-refractivity contribution in [2.24, 2.45) is 5.41 Å². The molecule has 2 aliphatic rings. The fourth-order valence-corrected chi connectivity index (χ4v) is 4.42. The summed E-state index contributed by atoms with van der Waals surface area (Å²) in [6.07, 6.45) is 3.85. The molecule has 3 N–H and O–H groups in total. The van der Waals surface area contributed by atoms with Gasteiger partial charge in [-0.25, -0.2) is 0 Å². The maximum atomic E-state index is 12.4. The second kappa shape index (κ2) is 14.9. The minimum absolute atomic E-state index is 0.0404. The number of unbranched alkanes of at least 4 members (excludes halogenated alkanes) is 3. The highest BCUT2D eigenvalue weighted by Gasteiger charge is 2.27. The predicted octanol–water partition coefficient (Wildman–Crippen LogP) is 0.260. The van der Waals surface area contributed by atoms with Crippen LogP contribution in [0.4, 0.5) is 0 Å². The van der Waals surface area contributed by atoms with Crippen LogP contribution in [0.5, 0.6) is 0 Å². The highest BCUT2D eigenvalue weighted by Crippen LogP contribution is 2.20. The smallest absolute Gasteiger partial charge is 0.242 e. The summed E-state index contributed by atoms with van der Waals surface area (Å²) in [6.45, 7) is 9.27. The lowest BCUT2D eigenvalue weighted by Gasteiger charge is -2.36. The van der Waals surface area contributed by atoms with Crippen molar-refractivity contribution in [3.63, 3.8) is 0 Å². The average Bonchev–Trinajstić information content (AvgIpc) is 3.27. The first-order valence-corrected chi connectivity index (χ1v) is 13.5. The number of carbonyl (C=O) groups excluding carboxylic acids is 5. The number of hydrogen-bond acceptors (Lipinski definition) is 6. The number of nitrogens with one attached hydrogen (secondary N) is 2. The van der Waals surface area contributed by atoms with Gasteiger partial charge in [-0.3, -0.25) is 24.0 Å². The van der Waals surface area contributed by atoms with E-state index in [4.69, 9.17) is 0 Å². The molecule has 0 saturated carbocycles. The molecule has 2 saturated heterocycles. The number of hydrogen-bond donors (Lipinski definition) is 3. The third kappa shape index (κ3) is 11.9. The SMILES string of the molecule is CC(C)(C)CC(=O)N1CCN(C(=O)CC(=O)NCCCCCCC(=O)NCC(=O)N2CC[C@@H](O)C2)CC1. The summed E-state index contributed by atoms with van der Waals surface area (Å²) >= 11 is 0. The Balaban J connectivity index is 1.47. The first kappa shape index (κ1) is 30.5. The molecular formula is C26H45N5O6. The molecule has 2 aliphatic heterocycles. The van der Waals surface area contributed by atoms with Crippen molar-refractivity contribution in [3.8, 4) is 0 Å². The van der Waals surface area contributed by atoms with Crippen molar-refractivity contribution in [2.45, 2.75) is 78.2 Å². The fourth-order valence-electron chi connectivity index (χ4n) is 4.42. The van der Waals surface area contributed by atoms with E-state index >= 15 is 0 Å². The van der Waals surface area contributed by atoms with Gasteiger partial charge in [0.1, 0.15) is 6.42 Å². The molecule has 0 aromatic carbocycles. The van der Waals surface area contributed by atoms with Crippen molar-refractivity contribution in [1.82, 2.24) is 25.3 Å². The average molecular weight is 524 g/mol. The van der Waals surface area contributed by atoms with Gasteiger partial charge in [-0.05, 0) is 24.7 Å². The lowest BCUT2D eigenvalue weighted by molar-refractivity contribution is -0.142. The molecule has 0 spiro atoms. The predicted molar refractivity (Wildman–Crippen MR) is 138 cm³/mol. The second-order valence-corrected chi connectivity index (χ2v) is 11.2. The lowest BCUT2D eigenvalue weighted by atomic mass is 9.91. The van der Waals surface area contributed by atoms with E-state index in [0.29, 0.717) is 71.5 Å². The summed E-state index contributed by atoms with van der Waals surface area (Å²) in [7, 11) is 0. The van der Waals surface area contributed by atoms with E-state index in [1.165, 1.54) is 0 Å². The van der Waals surface area contributed by atoms with Gasteiger partial charge in [0.2, 0.25) is 29.5 Å². The minimum Gasteiger partial charge on any atom is -0.391 e. The van der Waals surface area contributed by atoms with E-state index < -0.39 is 6.10 Å². The van der Waals surface area contributed by atoms with Gasteiger partial charge in [0.25, 0.3) is 0 Å². The third-order valence-corrected chi connectivity index (χ3v) is 6.58. The first-order valence-electron chi connectivity index (χ1n) is 13.5. The van der Waals surface area contributed by atoms with Crippen LogP contribution in [0.15, 0.2) is 0 Å². The van der Waals surface area contributed by atoms with Crippen LogP contribution in [0.3, 0.4) is 0 Å². The van der Waals surface area contributed by atoms with Gasteiger partial charge in [-0.2, -0.15) is 0 Å². The maximum Gasteiger partial charge on any atom is 0.242 e. The minimum atomic E-state index is -0.470. The molecule has 0 aromatic heterocycles. The van der Waals surface area contributed by atoms with Crippen molar-refractivity contribution < 1.29 is 29.1 Å². The van der Waals surface area contributed by atoms with Crippen molar-refractivity contribution in [1.29, 1.82) is 0 Å². The van der Waals surface area contributed by atoms with Crippen LogP contribution in [-0.2, 0) is 24.0 Å². The van der Waals surface area contributed by atoms with Crippen LogP contribution in [0.2, 0.25) is 0 Å². The number of piperazine rings is 1. The van der Waals surface area contributed by atoms with Gasteiger partial charge >= 0.3 is 0 Å². The summed E-state index contributed by atoms with van der Waals surface area (Å²) in [5.41, 5.74) is -0.0716. The number of carbonyl (C=O) groups is 5. The molecule has 210 valence electrons. The molecule has 2 heterocycles. The number of aliphatic hydroxyl groups excluding tert-OH is 1. The number of rotatable bonds is 12. The van der Waals surface area contributed by atoms with Crippen LogP contribution < -0.4 is 10.6 Å². The van der Waals surface area contributed by atoms with E-state index in [-0.39, 0.29) is 47.9 Å². The molecule has 5 amide bonds. The highest BCUT2D eigenvalue weighted by atomic mass is 16.3. The molecule has 0 bridgehead atoms. The molecule has 11 heteroatoms. The molecule has 2 rings (SSSR count). The second-order valence-electron chi connectivity index (χ2n) is 11.2. The van der Waals surface area contributed by atoms with Gasteiger partial charge in [-0.1, -0.05) is 33.6 Å². The van der Waals surface area contributed by atoms with Crippen LogP contribution in [0, 0.1) is 5.41 Å². The van der Waals surface area contributed by atoms with Crippen molar-refractivity contribution in [2.75, 3.05) is 52.4 Å². The Morgan fingerprint density at radius 3 is 1.97 bits per heavy atom. The number of likely N-dealkylation sites (tertiary alicyclic amines) is 1. The van der Waals surface area contributed by atoms with Crippen molar-refractivity contribution in [3.05, 3.63) is 0 Å². The zero-order chi connectivity index (χ0) is 27.4. The van der Waals surface area contributed by atoms with Gasteiger partial charge in [0.05, 0.1) is 12.6 Å². The summed E-state index contributed by atoms with van der Waals surface area (Å²) < 4.78 is 0. The van der Waals surface area contributed by atoms with E-state index in [2.05, 4.69) is 10.6 Å². The number of β-amino-alcohol motifs (C(OH)–C–C–N with tert-alkyl or cyclic N) is 1. The molecule has 0 unspecified atom stereocenters. The summed E-state index contributed by atoms with van der Waals surface area (Å²) in [5.74, 6) is -0.754. The maximum absolute atomic E-state index is 12.4. The number of nitrogens with zero attached hydrogens (tertiary/aromatic N) is 3. The monoisotopic (exact) mass is 523 g/mol. The van der Waals surface area contributed by atoms with Gasteiger partial charge in [0, 0.05) is 58.7 Å². The largest absolute Gasteiger partial charge is 0.391 e. The fraction of sp³-hybridized carbons (Fsp3) is 0.808. The van der Waals surface area contributed by atoms with Crippen molar-refractivity contribution >= 4 is 29.5 Å². The van der Waals surface area contributed by atoms with Gasteiger partial charge < -0.3 is 30.4 Å². The molecule has 0 aromatic rings. The zero-order valence-corrected chi connectivity index (χ0v) is 22.7. The number of aliphatic hydroxyl groups is 1. The summed E-state index contributed by atoms with van der Waals surface area (Å²) in [5, 5.41) is 14.9. The highest BCUT2D eigenvalue weighted by molar-refractivity contribution is 5.97. The van der Waals surface area contributed by atoms with Crippen LogP contribution in [-0.4, -0.2) is 108 Å². The molecule has 0 radical (unpaired) electrons. The summed E-state index contributed by atoms with van der Waals surface area (Å²) in [6, 6.07) is 0. The zero-order valence-electron chi connectivity index (χ0n) is 22.7. The third-order valence-electron chi connectivity index (χ3n) is 6.58. The first-order chi connectivity index (χ1) is 17.4.